The van der Waals surface area contributed by atoms with Gasteiger partial charge in [0.1, 0.15) is 0 Å². The standard InChI is InChI=1S/C3H10O5P2S/c1-3(2)10(6,11)8-7-9(4)5/h3,9H,1-2H3,(H,4,5)(H,6,11). The molecule has 0 aromatic rings. The summed E-state index contributed by atoms with van der Waals surface area (Å²) in [5.41, 5.74) is -0.293. The topological polar surface area (TPSA) is 76.0 Å². The van der Waals surface area contributed by atoms with E-state index in [1.165, 1.54) is 0 Å². The first-order valence-corrected chi connectivity index (χ1v) is 6.78. The van der Waals surface area contributed by atoms with Crippen molar-refractivity contribution in [2.75, 3.05) is 0 Å². The minimum atomic E-state index is -3.17. The van der Waals surface area contributed by atoms with Crippen LogP contribution >= 0.6 is 14.7 Å². The van der Waals surface area contributed by atoms with Gasteiger partial charge in [0.05, 0.1) is 0 Å². The Morgan fingerprint density at radius 2 is 2.09 bits per heavy atom. The third-order valence-corrected chi connectivity index (χ3v) is 4.27. The highest BCUT2D eigenvalue weighted by atomic mass is 32.5. The molecule has 0 heterocycles. The molecule has 0 fully saturated rings. The molecule has 2 unspecified atom stereocenters. The Hall–Kier alpha value is 0.720. The lowest BCUT2D eigenvalue weighted by molar-refractivity contribution is -0.102. The number of rotatable bonds is 4. The van der Waals surface area contributed by atoms with E-state index in [2.05, 4.69) is 21.2 Å². The summed E-state index contributed by atoms with van der Waals surface area (Å²) in [5.74, 6) is 0. The first kappa shape index (κ1) is 11.7. The zero-order valence-electron chi connectivity index (χ0n) is 6.05. The van der Waals surface area contributed by atoms with Gasteiger partial charge in [-0.05, 0) is 11.8 Å². The van der Waals surface area contributed by atoms with Crippen molar-refractivity contribution in [1.29, 1.82) is 0 Å². The van der Waals surface area contributed by atoms with Gasteiger partial charge in [0, 0.05) is 5.66 Å². The third kappa shape index (κ3) is 5.04. The van der Waals surface area contributed by atoms with Crippen molar-refractivity contribution in [1.82, 2.24) is 0 Å². The van der Waals surface area contributed by atoms with Crippen LogP contribution in [-0.2, 0) is 25.7 Å². The van der Waals surface area contributed by atoms with Crippen LogP contribution in [0, 0.1) is 0 Å². The maximum Gasteiger partial charge on any atom is 0.345 e. The van der Waals surface area contributed by atoms with E-state index in [1.807, 2.05) is 0 Å². The molecule has 0 radical (unpaired) electrons. The molecule has 0 amide bonds. The van der Waals surface area contributed by atoms with Crippen LogP contribution in [-0.4, -0.2) is 15.4 Å². The summed E-state index contributed by atoms with van der Waals surface area (Å²) < 4.78 is 18.0. The van der Waals surface area contributed by atoms with Gasteiger partial charge in [-0.1, -0.05) is 13.8 Å². The molecule has 8 heteroatoms. The van der Waals surface area contributed by atoms with E-state index >= 15 is 0 Å². The van der Waals surface area contributed by atoms with Gasteiger partial charge in [-0.25, -0.2) is 0 Å². The number of hydrogen-bond acceptors (Lipinski definition) is 4. The molecule has 0 bridgehead atoms. The highest BCUT2D eigenvalue weighted by molar-refractivity contribution is 8.09. The first-order chi connectivity index (χ1) is 4.86. The summed E-state index contributed by atoms with van der Waals surface area (Å²) in [5, 5.41) is 0. The van der Waals surface area contributed by atoms with Crippen molar-refractivity contribution >= 4 is 26.6 Å². The summed E-state index contributed by atoms with van der Waals surface area (Å²) in [6, 6.07) is 0. The molecule has 0 aliphatic carbocycles. The molecule has 0 saturated carbocycles. The zero-order valence-corrected chi connectivity index (χ0v) is 8.76. The molecule has 11 heavy (non-hydrogen) atoms. The van der Waals surface area contributed by atoms with Crippen LogP contribution in [0.3, 0.4) is 0 Å². The fourth-order valence-electron chi connectivity index (χ4n) is 0.171. The van der Waals surface area contributed by atoms with E-state index < -0.39 is 14.7 Å². The molecule has 2 N–H and O–H groups in total. The lowest BCUT2D eigenvalue weighted by Crippen LogP contribution is -1.99. The fourth-order valence-corrected chi connectivity index (χ4v) is 1.30. The molecule has 0 aromatic heterocycles. The van der Waals surface area contributed by atoms with Crippen molar-refractivity contribution in [3.63, 3.8) is 0 Å². The van der Waals surface area contributed by atoms with Crippen molar-refractivity contribution < 1.29 is 23.7 Å². The van der Waals surface area contributed by atoms with E-state index in [9.17, 15) is 9.46 Å². The van der Waals surface area contributed by atoms with Gasteiger partial charge in [0.2, 0.25) is 6.49 Å². The fraction of sp³-hybridized carbons (Fsp3) is 1.00. The van der Waals surface area contributed by atoms with E-state index in [1.54, 1.807) is 13.8 Å². The average molecular weight is 220 g/mol. The summed E-state index contributed by atoms with van der Waals surface area (Å²) in [7, 11) is -3.17. The average Bonchev–Trinajstić information content (AvgIpc) is 1.84. The lowest BCUT2D eigenvalue weighted by Gasteiger charge is -2.15. The Bertz CT molecular complexity index is 192. The maximum atomic E-state index is 9.97. The van der Waals surface area contributed by atoms with Crippen LogP contribution in [0.5, 0.6) is 0 Å². The predicted octanol–water partition coefficient (Wildman–Crippen LogP) is 1.03. The van der Waals surface area contributed by atoms with Crippen LogP contribution in [0.15, 0.2) is 0 Å². The van der Waals surface area contributed by atoms with Gasteiger partial charge < -0.3 is 9.79 Å². The second kappa shape index (κ2) is 4.67. The Morgan fingerprint density at radius 1 is 1.64 bits per heavy atom. The van der Waals surface area contributed by atoms with Crippen molar-refractivity contribution in [3.05, 3.63) is 0 Å². The van der Waals surface area contributed by atoms with Crippen molar-refractivity contribution in [3.8, 4) is 0 Å². The summed E-state index contributed by atoms with van der Waals surface area (Å²) in [6.07, 6.45) is 0. The molecule has 0 saturated heterocycles. The summed E-state index contributed by atoms with van der Waals surface area (Å²) >= 11 is 4.57. The normalized spacial score (nSPS) is 19.7. The van der Waals surface area contributed by atoms with Crippen LogP contribution in [0.25, 0.3) is 0 Å². The Balaban J connectivity index is 3.93. The monoisotopic (exact) mass is 220 g/mol. The van der Waals surface area contributed by atoms with E-state index in [4.69, 9.17) is 4.89 Å². The maximum absolute atomic E-state index is 9.97. The van der Waals surface area contributed by atoms with Gasteiger partial charge in [0.15, 0.2) is 0 Å². The van der Waals surface area contributed by atoms with Crippen LogP contribution in [0.1, 0.15) is 13.8 Å². The van der Waals surface area contributed by atoms with Crippen molar-refractivity contribution in [2.45, 2.75) is 19.5 Å². The SMILES string of the molecule is CC(C)P(O)(=S)OO[PH](=O)O. The predicted molar refractivity (Wildman–Crippen MR) is 45.0 cm³/mol. The lowest BCUT2D eigenvalue weighted by atomic mass is 10.6. The highest BCUT2D eigenvalue weighted by Crippen LogP contribution is 2.49. The first-order valence-electron chi connectivity index (χ1n) is 2.78. The Kier molecular flexibility index (Phi) is 4.98. The largest absolute Gasteiger partial charge is 0.345 e. The molecule has 0 aromatic carbocycles. The van der Waals surface area contributed by atoms with Gasteiger partial charge >= 0.3 is 8.25 Å². The van der Waals surface area contributed by atoms with Gasteiger partial charge in [-0.15, -0.1) is 4.67 Å². The molecule has 68 valence electrons. The highest BCUT2D eigenvalue weighted by Gasteiger charge is 2.20. The molecule has 2 atom stereocenters. The Labute approximate surface area is 70.4 Å². The van der Waals surface area contributed by atoms with Gasteiger partial charge in [-0.2, -0.15) is 4.67 Å². The zero-order chi connectivity index (χ0) is 9.07. The van der Waals surface area contributed by atoms with Crippen molar-refractivity contribution in [2.24, 2.45) is 0 Å². The molecule has 5 nitrogen and oxygen atoms in total. The summed E-state index contributed by atoms with van der Waals surface area (Å²) in [6.45, 7) is 0.233. The Morgan fingerprint density at radius 3 is 2.36 bits per heavy atom. The van der Waals surface area contributed by atoms with E-state index in [-0.39, 0.29) is 5.66 Å². The number of hydrogen-bond donors (Lipinski definition) is 2. The second-order valence-corrected chi connectivity index (χ2v) is 6.66. The quantitative estimate of drug-likeness (QED) is 0.418. The van der Waals surface area contributed by atoms with Crippen LogP contribution < -0.4 is 0 Å². The van der Waals surface area contributed by atoms with Crippen LogP contribution in [0.2, 0.25) is 0 Å². The molecular weight excluding hydrogens is 210 g/mol. The third-order valence-electron chi connectivity index (χ3n) is 0.868. The van der Waals surface area contributed by atoms with Gasteiger partial charge in [-0.3, -0.25) is 4.57 Å². The second-order valence-electron chi connectivity index (χ2n) is 2.08. The minimum Gasteiger partial charge on any atom is -0.343 e. The summed E-state index contributed by atoms with van der Waals surface area (Å²) in [4.78, 5) is 17.3. The van der Waals surface area contributed by atoms with Crippen LogP contribution in [0.4, 0.5) is 0 Å². The van der Waals surface area contributed by atoms with E-state index in [0.717, 1.165) is 0 Å². The molecule has 0 aliphatic rings. The molecule has 0 aliphatic heterocycles. The molecule has 0 rings (SSSR count). The van der Waals surface area contributed by atoms with E-state index in [0.29, 0.717) is 0 Å². The smallest absolute Gasteiger partial charge is 0.343 e. The molecular formula is C3H10O5P2S. The minimum absolute atomic E-state index is 0.293. The van der Waals surface area contributed by atoms with Gasteiger partial charge in [0.25, 0.3) is 0 Å². The molecule has 0 spiro atoms.